The molecule has 0 radical (unpaired) electrons. The van der Waals surface area contributed by atoms with Crippen LogP contribution in [0.1, 0.15) is 1.43 Å². The molecule has 0 aromatic carbocycles. The Balaban J connectivity index is 0. The van der Waals surface area contributed by atoms with Crippen molar-refractivity contribution in [3.05, 3.63) is 24.3 Å². The van der Waals surface area contributed by atoms with Crippen LogP contribution in [0.2, 0.25) is 0 Å². The van der Waals surface area contributed by atoms with Crippen LogP contribution in [-0.4, -0.2) is 22.4 Å². The molecule has 54 valence electrons. The van der Waals surface area contributed by atoms with Gasteiger partial charge in [-0.2, -0.15) is 0 Å². The molecule has 2 aliphatic carbocycles. The average molecular weight is 146 g/mol. The predicted molar refractivity (Wildman–Crippen MR) is 39.0 cm³/mol. The van der Waals surface area contributed by atoms with Gasteiger partial charge in [0.25, 0.3) is 0 Å². The van der Waals surface area contributed by atoms with Crippen molar-refractivity contribution in [1.29, 1.82) is 0 Å². The Morgan fingerprint density at radius 1 is 0.909 bits per heavy atom. The monoisotopic (exact) mass is 146 g/mol. The van der Waals surface area contributed by atoms with E-state index in [1.807, 2.05) is 0 Å². The van der Waals surface area contributed by atoms with Gasteiger partial charge in [-0.05, 0) is 11.1 Å². The topological polar surface area (TPSA) is 60.7 Å². The van der Waals surface area contributed by atoms with E-state index in [9.17, 15) is 0 Å². The van der Waals surface area contributed by atoms with Crippen molar-refractivity contribution in [2.75, 3.05) is 0 Å². The normalized spacial score (nSPS) is 8.64. The van der Waals surface area contributed by atoms with Gasteiger partial charge in [-0.1, -0.05) is 24.3 Å². The van der Waals surface area contributed by atoms with E-state index in [4.69, 9.17) is 15.1 Å². The molecule has 0 amide bonds. The van der Waals surface area contributed by atoms with Gasteiger partial charge in [0.15, 0.2) is 0 Å². The van der Waals surface area contributed by atoms with E-state index in [0.29, 0.717) is 0 Å². The molecule has 0 aromatic heterocycles. The Hall–Kier alpha value is -0.238. The fourth-order valence-electron chi connectivity index (χ4n) is 0.663. The minimum absolute atomic E-state index is 0. The second kappa shape index (κ2) is 4.60. The largest absolute Gasteiger partial charge is 1.00 e. The maximum absolute atomic E-state index is 7.17. The van der Waals surface area contributed by atoms with Crippen LogP contribution in [0.25, 0.3) is 11.1 Å². The second-order valence-electron chi connectivity index (χ2n) is 1.92. The summed E-state index contributed by atoms with van der Waals surface area (Å²) in [6.07, 6.45) is 0. The molecule has 3 N–H and O–H groups in total. The SMILES string of the molecule is OB(O)O.[H-].[Li+].c1cc2ccc1-2. The summed E-state index contributed by atoms with van der Waals surface area (Å²) < 4.78 is 0. The van der Waals surface area contributed by atoms with Gasteiger partial charge in [-0.3, -0.25) is 0 Å². The van der Waals surface area contributed by atoms with Gasteiger partial charge in [0.1, 0.15) is 0 Å². The van der Waals surface area contributed by atoms with Crippen LogP contribution in [0.5, 0.6) is 0 Å². The zero-order valence-electron chi connectivity index (χ0n) is 7.23. The quantitative estimate of drug-likeness (QED) is 0.341. The van der Waals surface area contributed by atoms with Crippen LogP contribution in [0.4, 0.5) is 0 Å². The molecule has 0 saturated carbocycles. The van der Waals surface area contributed by atoms with Gasteiger partial charge in [-0.15, -0.1) is 0 Å². The molecule has 0 heterocycles. The van der Waals surface area contributed by atoms with Gasteiger partial charge >= 0.3 is 26.2 Å². The Morgan fingerprint density at radius 2 is 1.09 bits per heavy atom. The molecule has 11 heavy (non-hydrogen) atoms. The zero-order valence-corrected chi connectivity index (χ0v) is 6.23. The van der Waals surface area contributed by atoms with Crippen LogP contribution in [0.15, 0.2) is 24.3 Å². The van der Waals surface area contributed by atoms with E-state index in [1.165, 1.54) is 11.1 Å². The van der Waals surface area contributed by atoms with Crippen LogP contribution in [0, 0.1) is 0 Å². The first-order valence-electron chi connectivity index (χ1n) is 2.85. The predicted octanol–water partition coefficient (Wildman–Crippen LogP) is -3.27. The van der Waals surface area contributed by atoms with Gasteiger partial charge in [0, 0.05) is 0 Å². The molecule has 0 aromatic rings. The number of fused-ring (bicyclic) bond motifs is 1. The maximum Gasteiger partial charge on any atom is 1.00 e. The molecule has 5 heteroatoms. The van der Waals surface area contributed by atoms with Crippen LogP contribution < -0.4 is 18.9 Å². The van der Waals surface area contributed by atoms with Crippen molar-refractivity contribution in [2.24, 2.45) is 0 Å². The first kappa shape index (κ1) is 10.8. The third kappa shape index (κ3) is 3.11. The summed E-state index contributed by atoms with van der Waals surface area (Å²) in [4.78, 5) is 0. The first-order valence-corrected chi connectivity index (χ1v) is 2.85. The number of rotatable bonds is 0. The molecule has 0 bridgehead atoms. The van der Waals surface area contributed by atoms with Gasteiger partial charge in [-0.25, -0.2) is 0 Å². The van der Waals surface area contributed by atoms with Crippen molar-refractivity contribution in [3.8, 4) is 11.1 Å². The molecule has 0 unspecified atom stereocenters. The molecule has 0 spiro atoms. The maximum atomic E-state index is 7.17. The minimum Gasteiger partial charge on any atom is -1.00 e. The minimum atomic E-state index is -2.17. The summed E-state index contributed by atoms with van der Waals surface area (Å²) in [5.41, 5.74) is 2.85. The molecular formula is C6H8BLiO3. The van der Waals surface area contributed by atoms with Gasteiger partial charge in [0.2, 0.25) is 0 Å². The smallest absolute Gasteiger partial charge is 1.00 e. The second-order valence-corrected chi connectivity index (χ2v) is 1.92. The van der Waals surface area contributed by atoms with E-state index in [-0.39, 0.29) is 20.3 Å². The third-order valence-electron chi connectivity index (χ3n) is 1.22. The average Bonchev–Trinajstić information content (AvgIpc) is 1.77. The number of hydrogen-bond donors (Lipinski definition) is 3. The van der Waals surface area contributed by atoms with Gasteiger partial charge in [0.05, 0.1) is 0 Å². The van der Waals surface area contributed by atoms with E-state index >= 15 is 0 Å². The fourth-order valence-corrected chi connectivity index (χ4v) is 0.663. The van der Waals surface area contributed by atoms with E-state index in [2.05, 4.69) is 24.3 Å². The van der Waals surface area contributed by atoms with Crippen molar-refractivity contribution in [1.82, 2.24) is 0 Å². The number of hydrogen-bond acceptors (Lipinski definition) is 3. The first-order chi connectivity index (χ1) is 4.70. The Morgan fingerprint density at radius 3 is 1.09 bits per heavy atom. The Labute approximate surface area is 78.5 Å². The van der Waals surface area contributed by atoms with Crippen molar-refractivity contribution >= 4 is 7.32 Å². The van der Waals surface area contributed by atoms with Crippen molar-refractivity contribution in [3.63, 3.8) is 0 Å². The summed E-state index contributed by atoms with van der Waals surface area (Å²) in [6, 6.07) is 8.48. The Kier molecular flexibility index (Phi) is 4.50. The number of benzene rings is 1. The van der Waals surface area contributed by atoms with E-state index < -0.39 is 7.32 Å². The standard InChI is InChI=1S/C6H4.BH3O3.Li.H/c1-2-6-4-3-5(1)6;2-1(3)4;;/h1-4H;2-4H;;/q;;+1;-1. The third-order valence-corrected chi connectivity index (χ3v) is 1.22. The van der Waals surface area contributed by atoms with Crippen LogP contribution in [-0.2, 0) is 0 Å². The molecular weight excluding hydrogens is 138 g/mol. The summed E-state index contributed by atoms with van der Waals surface area (Å²) >= 11 is 0. The van der Waals surface area contributed by atoms with Crippen LogP contribution in [0.3, 0.4) is 0 Å². The van der Waals surface area contributed by atoms with Gasteiger partial charge < -0.3 is 16.5 Å². The molecule has 0 atom stereocenters. The summed E-state index contributed by atoms with van der Waals surface area (Å²) in [7, 11) is -2.17. The molecule has 0 fully saturated rings. The summed E-state index contributed by atoms with van der Waals surface area (Å²) in [5, 5.41) is 21.5. The Bertz CT molecular complexity index is 193. The molecule has 0 aliphatic heterocycles. The molecule has 2 aliphatic rings. The zero-order chi connectivity index (χ0) is 7.56. The fraction of sp³-hybridized carbons (Fsp3) is 0. The summed E-state index contributed by atoms with van der Waals surface area (Å²) in [5.74, 6) is 0. The molecule has 3 nitrogen and oxygen atoms in total. The molecule has 0 saturated heterocycles. The molecule has 2 rings (SSSR count). The van der Waals surface area contributed by atoms with Crippen LogP contribution >= 0.6 is 0 Å². The van der Waals surface area contributed by atoms with Crippen molar-refractivity contribution in [2.45, 2.75) is 0 Å². The van der Waals surface area contributed by atoms with E-state index in [1.54, 1.807) is 0 Å². The van der Waals surface area contributed by atoms with Crippen molar-refractivity contribution < 1.29 is 35.4 Å². The van der Waals surface area contributed by atoms with E-state index in [0.717, 1.165) is 0 Å². The summed E-state index contributed by atoms with van der Waals surface area (Å²) in [6.45, 7) is 0.